The van der Waals surface area contributed by atoms with Crippen LogP contribution in [-0.4, -0.2) is 34.6 Å². The minimum absolute atomic E-state index is 0.0360. The van der Waals surface area contributed by atoms with E-state index in [0.29, 0.717) is 29.8 Å². The Kier molecular flexibility index (Phi) is 23.5. The van der Waals surface area contributed by atoms with Crippen molar-refractivity contribution in [3.8, 4) is 0 Å². The average molecular weight is 800 g/mol. The van der Waals surface area contributed by atoms with E-state index in [1.54, 1.807) is 24.4 Å². The molecule has 0 amide bonds. The highest BCUT2D eigenvalue weighted by Crippen LogP contribution is 2.42. The van der Waals surface area contributed by atoms with Crippen molar-refractivity contribution in [2.75, 3.05) is 16.2 Å². The molecule has 312 valence electrons. The Hall–Kier alpha value is -2.23. The highest BCUT2D eigenvalue weighted by atomic mass is 32.2. The number of hydrogen-bond acceptors (Lipinski definition) is 5. The number of anilines is 1. The molecule has 0 saturated carbocycles. The minimum Gasteiger partial charge on any atom is -0.284 e. The fourth-order valence-electron chi connectivity index (χ4n) is 7.84. The zero-order valence-corrected chi connectivity index (χ0v) is 36.4. The van der Waals surface area contributed by atoms with Crippen molar-refractivity contribution in [1.82, 2.24) is 4.72 Å². The summed E-state index contributed by atoms with van der Waals surface area (Å²) in [6.45, 7) is 4.52. The summed E-state index contributed by atoms with van der Waals surface area (Å²) in [5.41, 5.74) is 1.19. The van der Waals surface area contributed by atoms with Crippen molar-refractivity contribution in [1.29, 1.82) is 0 Å². The fourth-order valence-corrected chi connectivity index (χ4v) is 10.5. The minimum atomic E-state index is -3.69. The van der Waals surface area contributed by atoms with Crippen molar-refractivity contribution < 1.29 is 16.8 Å². The van der Waals surface area contributed by atoms with Gasteiger partial charge in [0.15, 0.2) is 0 Å². The number of nitrogens with one attached hydrogen (secondary N) is 2. The maximum atomic E-state index is 13.6. The van der Waals surface area contributed by atoms with Gasteiger partial charge in [0.25, 0.3) is 0 Å². The molecule has 0 saturated heterocycles. The summed E-state index contributed by atoms with van der Waals surface area (Å²) in [6, 6.07) is 14.7. The van der Waals surface area contributed by atoms with Gasteiger partial charge in [0.2, 0.25) is 20.0 Å². The first-order valence-electron chi connectivity index (χ1n) is 22.5. The molecule has 0 spiro atoms. The molecule has 2 aromatic rings. The number of nitrogens with zero attached hydrogens (tertiary/aromatic N) is 1. The van der Waals surface area contributed by atoms with Gasteiger partial charge >= 0.3 is 0 Å². The van der Waals surface area contributed by atoms with Gasteiger partial charge in [0, 0.05) is 17.5 Å². The van der Waals surface area contributed by atoms with E-state index >= 15 is 0 Å². The molecule has 0 fully saturated rings. The number of hydrogen-bond donors (Lipinski definition) is 2. The molecular formula is C46H77N3O4S2. The van der Waals surface area contributed by atoms with Gasteiger partial charge in [0.05, 0.1) is 17.2 Å². The molecule has 0 aliphatic carbocycles. The average Bonchev–Trinajstić information content (AvgIpc) is 3.52. The molecule has 1 atom stereocenters. The Morgan fingerprint density at radius 2 is 0.891 bits per heavy atom. The molecule has 1 aliphatic rings. The maximum absolute atomic E-state index is 13.6. The number of benzene rings is 2. The van der Waals surface area contributed by atoms with Crippen molar-refractivity contribution in [2.45, 2.75) is 199 Å². The summed E-state index contributed by atoms with van der Waals surface area (Å²) in [7, 11) is -7.26. The van der Waals surface area contributed by atoms with Gasteiger partial charge in [-0.3, -0.25) is 9.71 Å². The molecular weight excluding hydrogens is 723 g/mol. The van der Waals surface area contributed by atoms with Crippen LogP contribution in [0.3, 0.4) is 0 Å². The van der Waals surface area contributed by atoms with E-state index in [-0.39, 0.29) is 11.5 Å². The first-order valence-corrected chi connectivity index (χ1v) is 25.8. The normalized spacial score (nSPS) is 15.5. The van der Waals surface area contributed by atoms with Crippen molar-refractivity contribution in [2.24, 2.45) is 4.99 Å². The van der Waals surface area contributed by atoms with Crippen LogP contribution in [0.4, 0.5) is 11.4 Å². The van der Waals surface area contributed by atoms with Gasteiger partial charge in [-0.15, -0.1) is 0 Å². The lowest BCUT2D eigenvalue weighted by molar-refractivity contribution is 0.534. The second kappa shape index (κ2) is 27.4. The smallest absolute Gasteiger partial charge is 0.232 e. The number of aliphatic imine (C=N–C) groups is 1. The van der Waals surface area contributed by atoms with Gasteiger partial charge < -0.3 is 0 Å². The second-order valence-electron chi connectivity index (χ2n) is 16.2. The SMILES string of the molecule is CCCCCCCCCCCCCCCCS(=O)(=O)Nc1ccc2c(c1)C(NS(=O)(=O)CCCCCCCCCCCCCCCC)(c1ccccc1)C=N2. The first kappa shape index (κ1) is 47.1. The Balaban J connectivity index is 1.43. The monoisotopic (exact) mass is 800 g/mol. The Morgan fingerprint density at radius 1 is 0.491 bits per heavy atom. The summed E-state index contributed by atoms with van der Waals surface area (Å²) in [6.07, 6.45) is 35.6. The van der Waals surface area contributed by atoms with Gasteiger partial charge in [-0.1, -0.05) is 211 Å². The second-order valence-corrected chi connectivity index (χ2v) is 19.9. The van der Waals surface area contributed by atoms with Crippen LogP contribution in [0.5, 0.6) is 0 Å². The van der Waals surface area contributed by atoms with Crippen LogP contribution in [0, 0.1) is 0 Å². The first-order chi connectivity index (χ1) is 26.7. The molecule has 1 aliphatic heterocycles. The van der Waals surface area contributed by atoms with E-state index < -0.39 is 25.6 Å². The summed E-state index contributed by atoms with van der Waals surface area (Å²) in [4.78, 5) is 4.61. The zero-order chi connectivity index (χ0) is 39.5. The van der Waals surface area contributed by atoms with E-state index in [2.05, 4.69) is 28.3 Å². The van der Waals surface area contributed by atoms with Gasteiger partial charge in [-0.2, -0.15) is 4.72 Å². The van der Waals surface area contributed by atoms with Crippen LogP contribution in [-0.2, 0) is 25.6 Å². The largest absolute Gasteiger partial charge is 0.284 e. The lowest BCUT2D eigenvalue weighted by Gasteiger charge is -2.30. The number of unbranched alkanes of at least 4 members (excludes halogenated alkanes) is 26. The van der Waals surface area contributed by atoms with Crippen LogP contribution in [0.15, 0.2) is 53.5 Å². The van der Waals surface area contributed by atoms with Gasteiger partial charge in [-0.25, -0.2) is 16.8 Å². The van der Waals surface area contributed by atoms with E-state index in [0.717, 1.165) is 44.1 Å². The lowest BCUT2D eigenvalue weighted by atomic mass is 9.85. The predicted molar refractivity (Wildman–Crippen MR) is 237 cm³/mol. The molecule has 1 heterocycles. The molecule has 0 aromatic heterocycles. The standard InChI is InChI=1S/C46H77N3O4S2/c1-3-5-7-9-11-13-15-17-19-21-23-25-27-32-38-54(50,51)48-43-36-37-45-44(40-43)46(41-47-45,42-34-30-29-31-35-42)49-55(52,53)39-33-28-26-24-22-20-18-16-14-12-10-8-6-4-2/h29-31,34-37,40-41,48-49H,3-28,32-33,38-39H2,1-2H3. The summed E-state index contributed by atoms with van der Waals surface area (Å²) in [5, 5.41) is 0. The van der Waals surface area contributed by atoms with E-state index in [1.807, 2.05) is 30.3 Å². The van der Waals surface area contributed by atoms with Gasteiger partial charge in [0.1, 0.15) is 5.54 Å². The molecule has 55 heavy (non-hydrogen) atoms. The molecule has 1 unspecified atom stereocenters. The third-order valence-corrected chi connectivity index (χ3v) is 14.0. The number of fused-ring (bicyclic) bond motifs is 1. The molecule has 2 aromatic carbocycles. The molecule has 0 radical (unpaired) electrons. The summed E-state index contributed by atoms with van der Waals surface area (Å²) >= 11 is 0. The van der Waals surface area contributed by atoms with Crippen LogP contribution in [0.25, 0.3) is 0 Å². The summed E-state index contributed by atoms with van der Waals surface area (Å²) < 4.78 is 59.3. The number of rotatable bonds is 35. The van der Waals surface area contributed by atoms with E-state index in [4.69, 9.17) is 0 Å². The van der Waals surface area contributed by atoms with Crippen LogP contribution < -0.4 is 9.44 Å². The molecule has 0 bridgehead atoms. The molecule has 9 heteroatoms. The summed E-state index contributed by atoms with van der Waals surface area (Å²) in [5.74, 6) is 0.0998. The Labute approximate surface area is 337 Å². The maximum Gasteiger partial charge on any atom is 0.232 e. The van der Waals surface area contributed by atoms with E-state index in [9.17, 15) is 16.8 Å². The third-order valence-electron chi connectivity index (χ3n) is 11.2. The fraction of sp³-hybridized carbons (Fsp3) is 0.717. The van der Waals surface area contributed by atoms with Crippen molar-refractivity contribution in [3.05, 3.63) is 59.7 Å². The third kappa shape index (κ3) is 19.2. The van der Waals surface area contributed by atoms with Crippen LogP contribution >= 0.6 is 0 Å². The van der Waals surface area contributed by atoms with Gasteiger partial charge in [-0.05, 0) is 36.6 Å². The van der Waals surface area contributed by atoms with E-state index in [1.165, 1.54) is 128 Å². The number of sulfonamides is 2. The Morgan fingerprint density at radius 3 is 1.33 bits per heavy atom. The van der Waals surface area contributed by atoms with Crippen LogP contribution in [0.2, 0.25) is 0 Å². The predicted octanol–water partition coefficient (Wildman–Crippen LogP) is 13.3. The topological polar surface area (TPSA) is 105 Å². The molecule has 7 nitrogen and oxygen atoms in total. The highest BCUT2D eigenvalue weighted by Gasteiger charge is 2.41. The lowest BCUT2D eigenvalue weighted by Crippen LogP contribution is -2.47. The van der Waals surface area contributed by atoms with Crippen LogP contribution in [0.1, 0.15) is 205 Å². The molecule has 2 N–H and O–H groups in total. The quantitative estimate of drug-likeness (QED) is 0.0677. The molecule has 3 rings (SSSR count). The Bertz CT molecular complexity index is 1550. The zero-order valence-electron chi connectivity index (χ0n) is 34.8. The van der Waals surface area contributed by atoms with Crippen molar-refractivity contribution >= 4 is 37.6 Å². The van der Waals surface area contributed by atoms with Crippen molar-refractivity contribution in [3.63, 3.8) is 0 Å². The highest BCUT2D eigenvalue weighted by molar-refractivity contribution is 7.92.